The second kappa shape index (κ2) is 6.11. The molecule has 0 saturated carbocycles. The summed E-state index contributed by atoms with van der Waals surface area (Å²) in [7, 11) is -3.34. The number of nitrogens with zero attached hydrogens (tertiary/aromatic N) is 1. The Kier molecular flexibility index (Phi) is 4.63. The topological polar surface area (TPSA) is 80.5 Å². The molecule has 0 aromatic heterocycles. The summed E-state index contributed by atoms with van der Waals surface area (Å²) in [4.78, 5) is 14.7. The zero-order valence-corrected chi connectivity index (χ0v) is 13.4. The summed E-state index contributed by atoms with van der Waals surface area (Å²) < 4.78 is 23.2. The second-order valence-corrected chi connectivity index (χ2v) is 7.70. The van der Waals surface area contributed by atoms with Crippen LogP contribution in [0.3, 0.4) is 0 Å². The minimum absolute atomic E-state index is 0.136. The number of hydrogen-bond donors (Lipinski definition) is 1. The molecule has 0 aliphatic carbocycles. The van der Waals surface area contributed by atoms with Gasteiger partial charge in [-0.05, 0) is 37.5 Å². The number of carbonyl (C=O) groups excluding carboxylic acids is 1. The first-order valence-electron chi connectivity index (χ1n) is 6.71. The third kappa shape index (κ3) is 3.59. The quantitative estimate of drug-likeness (QED) is 0.849. The Morgan fingerprint density at radius 2 is 2.10 bits per heavy atom. The molecule has 1 aromatic rings. The average molecular weight is 326 g/mol. The predicted molar refractivity (Wildman–Crippen MR) is 85.0 cm³/mol. The van der Waals surface area contributed by atoms with Crippen LogP contribution in [-0.4, -0.2) is 43.1 Å². The van der Waals surface area contributed by atoms with E-state index in [9.17, 15) is 13.2 Å². The molecule has 5 nitrogen and oxygen atoms in total. The van der Waals surface area contributed by atoms with Crippen molar-refractivity contribution in [3.8, 4) is 0 Å². The molecular weight excluding hydrogens is 308 g/mol. The summed E-state index contributed by atoms with van der Waals surface area (Å²) >= 11 is 5.03. The molecule has 1 aliphatic rings. The maximum absolute atomic E-state index is 12.6. The van der Waals surface area contributed by atoms with Gasteiger partial charge in [0, 0.05) is 18.4 Å². The van der Waals surface area contributed by atoms with Crippen molar-refractivity contribution in [1.82, 2.24) is 4.90 Å². The SMILES string of the molecule is CS(=O)(=O)c1cccc(C(=O)N2CCCCC2C(N)=S)c1. The molecule has 7 heteroatoms. The largest absolute Gasteiger partial charge is 0.392 e. The van der Waals surface area contributed by atoms with E-state index in [0.29, 0.717) is 17.1 Å². The van der Waals surface area contributed by atoms with Gasteiger partial charge in [-0.25, -0.2) is 8.42 Å². The van der Waals surface area contributed by atoms with Crippen LogP contribution in [0.15, 0.2) is 29.2 Å². The van der Waals surface area contributed by atoms with Gasteiger partial charge in [-0.3, -0.25) is 4.79 Å². The normalized spacial score (nSPS) is 19.3. The van der Waals surface area contributed by atoms with E-state index < -0.39 is 9.84 Å². The molecule has 1 saturated heterocycles. The maximum Gasteiger partial charge on any atom is 0.254 e. The first-order chi connectivity index (χ1) is 9.80. The highest BCUT2D eigenvalue weighted by Gasteiger charge is 2.29. The molecule has 21 heavy (non-hydrogen) atoms. The van der Waals surface area contributed by atoms with Gasteiger partial charge in [-0.15, -0.1) is 0 Å². The van der Waals surface area contributed by atoms with Crippen LogP contribution in [0, 0.1) is 0 Å². The minimum atomic E-state index is -3.34. The van der Waals surface area contributed by atoms with Gasteiger partial charge in [0.05, 0.1) is 15.9 Å². The summed E-state index contributed by atoms with van der Waals surface area (Å²) in [5.74, 6) is -0.224. The lowest BCUT2D eigenvalue weighted by Gasteiger charge is -2.35. The smallest absolute Gasteiger partial charge is 0.254 e. The molecule has 0 radical (unpaired) electrons. The molecule has 0 spiro atoms. The van der Waals surface area contributed by atoms with E-state index in [1.807, 2.05) is 0 Å². The van der Waals surface area contributed by atoms with E-state index in [-0.39, 0.29) is 16.8 Å². The number of benzene rings is 1. The Bertz CT molecular complexity index is 671. The van der Waals surface area contributed by atoms with Crippen molar-refractivity contribution < 1.29 is 13.2 Å². The summed E-state index contributed by atoms with van der Waals surface area (Å²) in [6.07, 6.45) is 3.76. The highest BCUT2D eigenvalue weighted by atomic mass is 32.2. The Labute approximate surface area is 130 Å². The van der Waals surface area contributed by atoms with Crippen molar-refractivity contribution in [3.05, 3.63) is 29.8 Å². The van der Waals surface area contributed by atoms with Gasteiger partial charge >= 0.3 is 0 Å². The lowest BCUT2D eigenvalue weighted by atomic mass is 10.0. The Hall–Kier alpha value is -1.47. The lowest BCUT2D eigenvalue weighted by Crippen LogP contribution is -2.49. The summed E-state index contributed by atoms with van der Waals surface area (Å²) in [6, 6.07) is 5.82. The van der Waals surface area contributed by atoms with Crippen LogP contribution in [0.2, 0.25) is 0 Å². The number of likely N-dealkylation sites (tertiary alicyclic amines) is 1. The fraction of sp³-hybridized carbons (Fsp3) is 0.429. The molecule has 0 bridgehead atoms. The molecule has 1 heterocycles. The Morgan fingerprint density at radius 1 is 1.38 bits per heavy atom. The van der Waals surface area contributed by atoms with Crippen LogP contribution in [-0.2, 0) is 9.84 Å². The van der Waals surface area contributed by atoms with E-state index in [4.69, 9.17) is 18.0 Å². The molecule has 1 aliphatic heterocycles. The molecular formula is C14H18N2O3S2. The van der Waals surface area contributed by atoms with E-state index in [1.165, 1.54) is 12.1 Å². The van der Waals surface area contributed by atoms with Gasteiger partial charge in [-0.2, -0.15) is 0 Å². The zero-order chi connectivity index (χ0) is 15.6. The van der Waals surface area contributed by atoms with Gasteiger partial charge in [0.1, 0.15) is 0 Å². The number of sulfone groups is 1. The van der Waals surface area contributed by atoms with Crippen molar-refractivity contribution in [2.24, 2.45) is 5.73 Å². The number of piperidine rings is 1. The van der Waals surface area contributed by atoms with Gasteiger partial charge in [-0.1, -0.05) is 18.3 Å². The van der Waals surface area contributed by atoms with Crippen molar-refractivity contribution in [3.63, 3.8) is 0 Å². The van der Waals surface area contributed by atoms with E-state index in [2.05, 4.69) is 0 Å². The van der Waals surface area contributed by atoms with Crippen molar-refractivity contribution >= 4 is 33.0 Å². The first-order valence-corrected chi connectivity index (χ1v) is 9.01. The molecule has 1 atom stereocenters. The molecule has 1 amide bonds. The highest BCUT2D eigenvalue weighted by molar-refractivity contribution is 7.90. The molecule has 1 fully saturated rings. The van der Waals surface area contributed by atoms with Gasteiger partial charge in [0.15, 0.2) is 9.84 Å². The minimum Gasteiger partial charge on any atom is -0.392 e. The highest BCUT2D eigenvalue weighted by Crippen LogP contribution is 2.21. The molecule has 1 aromatic carbocycles. The van der Waals surface area contributed by atoms with Crippen LogP contribution in [0.4, 0.5) is 0 Å². The number of carbonyl (C=O) groups is 1. The Morgan fingerprint density at radius 3 is 2.71 bits per heavy atom. The second-order valence-electron chi connectivity index (χ2n) is 5.21. The summed E-state index contributed by atoms with van der Waals surface area (Å²) in [6.45, 7) is 0.587. The van der Waals surface area contributed by atoms with E-state index in [0.717, 1.165) is 25.5 Å². The molecule has 114 valence electrons. The summed E-state index contributed by atoms with van der Waals surface area (Å²) in [5, 5.41) is 0. The average Bonchev–Trinajstić information content (AvgIpc) is 2.45. The van der Waals surface area contributed by atoms with Crippen LogP contribution in [0.25, 0.3) is 0 Å². The fourth-order valence-corrected chi connectivity index (χ4v) is 3.41. The monoisotopic (exact) mass is 326 g/mol. The van der Waals surface area contributed by atoms with Crippen molar-refractivity contribution in [2.45, 2.75) is 30.2 Å². The number of hydrogen-bond acceptors (Lipinski definition) is 4. The van der Waals surface area contributed by atoms with Crippen LogP contribution in [0.5, 0.6) is 0 Å². The fourth-order valence-electron chi connectivity index (χ4n) is 2.50. The predicted octanol–water partition coefficient (Wildman–Crippen LogP) is 1.37. The molecule has 1 unspecified atom stereocenters. The van der Waals surface area contributed by atoms with Crippen LogP contribution >= 0.6 is 12.2 Å². The Balaban J connectivity index is 2.33. The van der Waals surface area contributed by atoms with Gasteiger partial charge in [0.25, 0.3) is 5.91 Å². The van der Waals surface area contributed by atoms with Crippen LogP contribution < -0.4 is 5.73 Å². The first kappa shape index (κ1) is 15.9. The molecule has 2 N–H and O–H groups in total. The van der Waals surface area contributed by atoms with Gasteiger partial charge < -0.3 is 10.6 Å². The van der Waals surface area contributed by atoms with Gasteiger partial charge in [0.2, 0.25) is 0 Å². The number of nitrogens with two attached hydrogens (primary N) is 1. The molecule has 2 rings (SSSR count). The van der Waals surface area contributed by atoms with Crippen molar-refractivity contribution in [2.75, 3.05) is 12.8 Å². The maximum atomic E-state index is 12.6. The third-order valence-electron chi connectivity index (χ3n) is 3.60. The van der Waals surface area contributed by atoms with E-state index in [1.54, 1.807) is 17.0 Å². The third-order valence-corrected chi connectivity index (χ3v) is 4.98. The lowest BCUT2D eigenvalue weighted by molar-refractivity contribution is 0.0681. The standard InChI is InChI=1S/C14H18N2O3S2/c1-21(18,19)11-6-4-5-10(9-11)14(17)16-8-3-2-7-12(16)13(15)20/h4-6,9,12H,2-3,7-8H2,1H3,(H2,15,20). The zero-order valence-electron chi connectivity index (χ0n) is 11.8. The summed E-state index contributed by atoms with van der Waals surface area (Å²) in [5.41, 5.74) is 6.06. The number of rotatable bonds is 3. The number of thiocarbonyl (C=S) groups is 1. The van der Waals surface area contributed by atoms with Crippen molar-refractivity contribution in [1.29, 1.82) is 0 Å². The van der Waals surface area contributed by atoms with E-state index >= 15 is 0 Å². The number of amides is 1. The van der Waals surface area contributed by atoms with Crippen LogP contribution in [0.1, 0.15) is 29.6 Å².